The number of hydrazone groups is 1. The maximum Gasteiger partial charge on any atom is 0.277 e. The van der Waals surface area contributed by atoms with Gasteiger partial charge in [0, 0.05) is 15.0 Å². The lowest BCUT2D eigenvalue weighted by Gasteiger charge is -2.07. The molecule has 2 aromatic rings. The van der Waals surface area contributed by atoms with Crippen LogP contribution in [0.25, 0.3) is 0 Å². The van der Waals surface area contributed by atoms with Crippen molar-refractivity contribution in [1.29, 1.82) is 0 Å². The van der Waals surface area contributed by atoms with Crippen molar-refractivity contribution < 1.29 is 19.1 Å². The molecular formula is C19H20IN3O4. The van der Waals surface area contributed by atoms with Gasteiger partial charge in [0.05, 0.1) is 13.5 Å². The zero-order valence-corrected chi connectivity index (χ0v) is 17.1. The number of benzene rings is 2. The third-order valence-corrected chi connectivity index (χ3v) is 4.06. The number of halogens is 1. The number of amides is 2. The molecule has 0 saturated carbocycles. The molecule has 27 heavy (non-hydrogen) atoms. The summed E-state index contributed by atoms with van der Waals surface area (Å²) in [4.78, 5) is 23.8. The van der Waals surface area contributed by atoms with Crippen LogP contribution >= 0.6 is 22.6 Å². The molecule has 0 fully saturated rings. The summed E-state index contributed by atoms with van der Waals surface area (Å²) in [5.74, 6) is 0.628. The topological polar surface area (TPSA) is 89.0 Å². The van der Waals surface area contributed by atoms with E-state index in [0.717, 1.165) is 3.57 Å². The Kier molecular flexibility index (Phi) is 8.05. The lowest BCUT2D eigenvalue weighted by atomic mass is 10.2. The monoisotopic (exact) mass is 481 g/mol. The van der Waals surface area contributed by atoms with Crippen LogP contribution in [0.4, 0.5) is 5.69 Å². The van der Waals surface area contributed by atoms with Crippen LogP contribution in [0.2, 0.25) is 0 Å². The van der Waals surface area contributed by atoms with Gasteiger partial charge < -0.3 is 14.8 Å². The fourth-order valence-corrected chi connectivity index (χ4v) is 2.38. The van der Waals surface area contributed by atoms with E-state index in [1.165, 1.54) is 0 Å². The van der Waals surface area contributed by atoms with E-state index < -0.39 is 5.91 Å². The minimum atomic E-state index is -0.414. The van der Waals surface area contributed by atoms with Crippen LogP contribution in [-0.2, 0) is 9.59 Å². The molecule has 0 radical (unpaired) electrons. The van der Waals surface area contributed by atoms with Crippen LogP contribution in [-0.4, -0.2) is 31.2 Å². The van der Waals surface area contributed by atoms with Gasteiger partial charge in [-0.3, -0.25) is 9.59 Å². The Balaban J connectivity index is 1.73. The number of anilines is 1. The summed E-state index contributed by atoms with van der Waals surface area (Å²) in [6.45, 7) is 1.48. The summed E-state index contributed by atoms with van der Waals surface area (Å²) in [5, 5.41) is 6.69. The number of hydrogen-bond acceptors (Lipinski definition) is 5. The fourth-order valence-electron chi connectivity index (χ4n) is 2.02. The van der Waals surface area contributed by atoms with Gasteiger partial charge in [0.25, 0.3) is 5.91 Å². The predicted octanol–water partition coefficient (Wildman–Crippen LogP) is 3.20. The summed E-state index contributed by atoms with van der Waals surface area (Å²) >= 11 is 2.19. The average molecular weight is 481 g/mol. The molecule has 0 unspecified atom stereocenters. The van der Waals surface area contributed by atoms with Gasteiger partial charge in [-0.1, -0.05) is 0 Å². The maximum absolute atomic E-state index is 12.0. The Morgan fingerprint density at radius 1 is 1.00 bits per heavy atom. The number of hydrogen-bond donors (Lipinski definition) is 2. The molecule has 0 saturated heterocycles. The van der Waals surface area contributed by atoms with Gasteiger partial charge in [-0.15, -0.1) is 0 Å². The van der Waals surface area contributed by atoms with Crippen molar-refractivity contribution >= 4 is 45.8 Å². The number of ether oxygens (including phenoxy) is 2. The van der Waals surface area contributed by atoms with Gasteiger partial charge >= 0.3 is 0 Å². The standard InChI is InChI=1S/C19H20IN3O4/c1-13(11-18(24)21-15-5-3-14(20)4-6-15)22-23-19(25)12-27-17-9-7-16(26-2)8-10-17/h3-10H,11-12H2,1-2H3,(H,21,24)(H,23,25). The van der Waals surface area contributed by atoms with E-state index in [2.05, 4.69) is 38.4 Å². The number of nitrogens with zero attached hydrogens (tertiary/aromatic N) is 1. The van der Waals surface area contributed by atoms with Crippen LogP contribution in [0, 0.1) is 3.57 Å². The van der Waals surface area contributed by atoms with E-state index >= 15 is 0 Å². The molecule has 0 spiro atoms. The van der Waals surface area contributed by atoms with Crippen molar-refractivity contribution in [2.45, 2.75) is 13.3 Å². The Bertz CT molecular complexity index is 805. The molecule has 142 valence electrons. The SMILES string of the molecule is COc1ccc(OCC(=O)NN=C(C)CC(=O)Nc2ccc(I)cc2)cc1. The molecule has 2 N–H and O–H groups in total. The molecule has 2 rings (SSSR count). The lowest BCUT2D eigenvalue weighted by Crippen LogP contribution is -2.26. The Morgan fingerprint density at radius 2 is 1.63 bits per heavy atom. The molecule has 0 heterocycles. The Morgan fingerprint density at radius 3 is 2.26 bits per heavy atom. The highest BCUT2D eigenvalue weighted by Gasteiger charge is 2.06. The normalized spacial score (nSPS) is 10.9. The summed E-state index contributed by atoms with van der Waals surface area (Å²) in [7, 11) is 1.57. The maximum atomic E-state index is 12.0. The van der Waals surface area contributed by atoms with Crippen molar-refractivity contribution in [2.24, 2.45) is 5.10 Å². The van der Waals surface area contributed by atoms with Gasteiger partial charge in [0.1, 0.15) is 11.5 Å². The minimum Gasteiger partial charge on any atom is -0.497 e. The lowest BCUT2D eigenvalue weighted by molar-refractivity contribution is -0.123. The van der Waals surface area contributed by atoms with Crippen molar-refractivity contribution in [3.05, 3.63) is 52.1 Å². The number of rotatable bonds is 8. The first kappa shape index (κ1) is 20.7. The molecule has 0 aromatic heterocycles. The third kappa shape index (κ3) is 7.65. The van der Waals surface area contributed by atoms with Gasteiger partial charge in [0.2, 0.25) is 5.91 Å². The van der Waals surface area contributed by atoms with Crippen LogP contribution in [0.15, 0.2) is 53.6 Å². The molecule has 2 amide bonds. The smallest absolute Gasteiger partial charge is 0.277 e. The molecule has 0 atom stereocenters. The quantitative estimate of drug-likeness (QED) is 0.345. The first-order valence-corrected chi connectivity index (χ1v) is 9.18. The van der Waals surface area contributed by atoms with Crippen molar-refractivity contribution in [1.82, 2.24) is 5.43 Å². The second-order valence-electron chi connectivity index (χ2n) is 5.58. The Labute approximate surface area is 171 Å². The largest absolute Gasteiger partial charge is 0.497 e. The first-order valence-electron chi connectivity index (χ1n) is 8.10. The zero-order valence-electron chi connectivity index (χ0n) is 15.0. The van der Waals surface area contributed by atoms with E-state index in [4.69, 9.17) is 9.47 Å². The van der Waals surface area contributed by atoms with Gasteiger partial charge in [-0.25, -0.2) is 5.43 Å². The van der Waals surface area contributed by atoms with E-state index in [1.807, 2.05) is 24.3 Å². The van der Waals surface area contributed by atoms with Crippen LogP contribution < -0.4 is 20.2 Å². The van der Waals surface area contributed by atoms with Gasteiger partial charge in [0.15, 0.2) is 6.61 Å². The van der Waals surface area contributed by atoms with Crippen LogP contribution in [0.1, 0.15) is 13.3 Å². The van der Waals surface area contributed by atoms with E-state index in [9.17, 15) is 9.59 Å². The third-order valence-electron chi connectivity index (χ3n) is 3.35. The molecular weight excluding hydrogens is 461 g/mol. The van der Waals surface area contributed by atoms with E-state index in [-0.39, 0.29) is 18.9 Å². The summed E-state index contributed by atoms with van der Waals surface area (Å²) in [5.41, 5.74) is 3.57. The number of nitrogens with one attached hydrogen (secondary N) is 2. The second kappa shape index (κ2) is 10.5. The highest BCUT2D eigenvalue weighted by molar-refractivity contribution is 14.1. The number of carbonyl (C=O) groups excluding carboxylic acids is 2. The van der Waals surface area contributed by atoms with E-state index in [0.29, 0.717) is 22.9 Å². The van der Waals surface area contributed by atoms with Crippen LogP contribution in [0.5, 0.6) is 11.5 Å². The van der Waals surface area contributed by atoms with Crippen molar-refractivity contribution in [3.8, 4) is 11.5 Å². The minimum absolute atomic E-state index is 0.0750. The molecule has 0 bridgehead atoms. The summed E-state index contributed by atoms with van der Waals surface area (Å²) < 4.78 is 11.5. The number of methoxy groups -OCH3 is 1. The van der Waals surface area contributed by atoms with Crippen molar-refractivity contribution in [3.63, 3.8) is 0 Å². The molecule has 0 aliphatic carbocycles. The van der Waals surface area contributed by atoms with Gasteiger partial charge in [-0.05, 0) is 78.0 Å². The van der Waals surface area contributed by atoms with Crippen LogP contribution in [0.3, 0.4) is 0 Å². The first-order chi connectivity index (χ1) is 13.0. The van der Waals surface area contributed by atoms with Crippen molar-refractivity contribution in [2.75, 3.05) is 19.0 Å². The predicted molar refractivity (Wildman–Crippen MR) is 112 cm³/mol. The zero-order chi connectivity index (χ0) is 19.6. The average Bonchev–Trinajstić information content (AvgIpc) is 2.67. The molecule has 0 aliphatic heterocycles. The fraction of sp³-hybridized carbons (Fsp3) is 0.211. The Hall–Kier alpha value is -2.62. The second-order valence-corrected chi connectivity index (χ2v) is 6.82. The van der Waals surface area contributed by atoms with Gasteiger partial charge in [-0.2, -0.15) is 5.10 Å². The number of carbonyl (C=O) groups is 2. The summed E-state index contributed by atoms with van der Waals surface area (Å²) in [6.07, 6.45) is 0.0750. The highest BCUT2D eigenvalue weighted by atomic mass is 127. The summed E-state index contributed by atoms with van der Waals surface area (Å²) in [6, 6.07) is 14.3. The molecule has 0 aliphatic rings. The van der Waals surface area contributed by atoms with E-state index in [1.54, 1.807) is 38.3 Å². The molecule has 8 heteroatoms. The highest BCUT2D eigenvalue weighted by Crippen LogP contribution is 2.16. The molecule has 2 aromatic carbocycles. The molecule has 7 nitrogen and oxygen atoms in total.